The van der Waals surface area contributed by atoms with E-state index in [0.29, 0.717) is 25.9 Å². The normalized spacial score (nSPS) is 11.3. The Bertz CT molecular complexity index is 737. The molecule has 0 amide bonds. The summed E-state index contributed by atoms with van der Waals surface area (Å²) in [5.74, 6) is -0.0483. The Morgan fingerprint density at radius 1 is 0.510 bits per heavy atom. The molecule has 0 saturated heterocycles. The van der Waals surface area contributed by atoms with E-state index in [1.54, 1.807) is 0 Å². The minimum atomic E-state index is -0.0388. The lowest BCUT2D eigenvalue weighted by molar-refractivity contribution is -0.150. The number of hydrogen-bond acceptors (Lipinski definition) is 6. The zero-order chi connectivity index (χ0) is 35.9. The molecule has 6 nitrogen and oxygen atoms in total. The SMILES string of the molecule is CCCCCCCCCOC(=O)CCCCCCCN(CCC#N)CCCCCC(=O)OC(CCCCCCCC)CCCCCCCC. The van der Waals surface area contributed by atoms with E-state index >= 15 is 0 Å². The van der Waals surface area contributed by atoms with Crippen LogP contribution in [0.4, 0.5) is 0 Å². The number of nitriles is 1. The van der Waals surface area contributed by atoms with Crippen LogP contribution in [0.15, 0.2) is 0 Å². The molecule has 0 aliphatic rings. The minimum absolute atomic E-state index is 0.00951. The molecule has 0 fully saturated rings. The first-order chi connectivity index (χ1) is 24.1. The van der Waals surface area contributed by atoms with Gasteiger partial charge >= 0.3 is 11.9 Å². The van der Waals surface area contributed by atoms with Crippen molar-refractivity contribution in [2.24, 2.45) is 0 Å². The van der Waals surface area contributed by atoms with Gasteiger partial charge in [-0.3, -0.25) is 9.59 Å². The summed E-state index contributed by atoms with van der Waals surface area (Å²) >= 11 is 0. The molecule has 0 aromatic rings. The average Bonchev–Trinajstić information content (AvgIpc) is 3.10. The van der Waals surface area contributed by atoms with E-state index < -0.39 is 0 Å². The standard InChI is InChI=1S/C43H82N2O4/c1-4-7-10-13-16-22-30-40-48-42(46)34-26-20-17-21-28-37-45(39-31-36-44)38-29-23-27-35-43(47)49-41(32-24-18-14-11-8-5-2)33-25-19-15-12-9-6-3/h41H,4-35,37-40H2,1-3H3. The monoisotopic (exact) mass is 691 g/mol. The fraction of sp³-hybridized carbons (Fsp3) is 0.930. The molecule has 0 radical (unpaired) electrons. The molecule has 0 saturated carbocycles. The third-order valence-electron chi connectivity index (χ3n) is 9.82. The van der Waals surface area contributed by atoms with Gasteiger partial charge in [0.15, 0.2) is 0 Å². The summed E-state index contributed by atoms with van der Waals surface area (Å²) in [7, 11) is 0. The molecule has 0 bridgehead atoms. The molecule has 0 unspecified atom stereocenters. The predicted molar refractivity (Wildman–Crippen MR) is 208 cm³/mol. The van der Waals surface area contributed by atoms with Crippen molar-refractivity contribution in [2.75, 3.05) is 26.2 Å². The van der Waals surface area contributed by atoms with Crippen molar-refractivity contribution in [1.82, 2.24) is 4.90 Å². The highest BCUT2D eigenvalue weighted by molar-refractivity contribution is 5.69. The first-order valence-electron chi connectivity index (χ1n) is 21.5. The van der Waals surface area contributed by atoms with Crippen LogP contribution in [-0.4, -0.2) is 49.2 Å². The number of nitrogens with zero attached hydrogens (tertiary/aromatic N) is 2. The van der Waals surface area contributed by atoms with E-state index in [0.717, 1.165) is 96.7 Å². The van der Waals surface area contributed by atoms with Crippen LogP contribution in [-0.2, 0) is 19.1 Å². The van der Waals surface area contributed by atoms with E-state index in [1.807, 2.05) is 0 Å². The second-order valence-corrected chi connectivity index (χ2v) is 14.6. The molecule has 0 spiro atoms. The minimum Gasteiger partial charge on any atom is -0.466 e. The third-order valence-corrected chi connectivity index (χ3v) is 9.82. The van der Waals surface area contributed by atoms with E-state index in [4.69, 9.17) is 14.7 Å². The summed E-state index contributed by atoms with van der Waals surface area (Å²) in [4.78, 5) is 27.2. The molecule has 0 atom stereocenters. The number of esters is 2. The predicted octanol–water partition coefficient (Wildman–Crippen LogP) is 12.8. The molecular formula is C43H82N2O4. The summed E-state index contributed by atoms with van der Waals surface area (Å²) in [6, 6.07) is 2.30. The quantitative estimate of drug-likeness (QED) is 0.0472. The average molecular weight is 691 g/mol. The van der Waals surface area contributed by atoms with Gasteiger partial charge in [0.25, 0.3) is 0 Å². The Kier molecular flexibility index (Phi) is 37.9. The first-order valence-corrected chi connectivity index (χ1v) is 21.5. The van der Waals surface area contributed by atoms with Crippen LogP contribution < -0.4 is 0 Å². The molecule has 0 aliphatic heterocycles. The first kappa shape index (κ1) is 47.4. The maximum absolute atomic E-state index is 12.7. The van der Waals surface area contributed by atoms with Crippen LogP contribution in [0.1, 0.15) is 226 Å². The summed E-state index contributed by atoms with van der Waals surface area (Å²) in [6.45, 7) is 10.2. The van der Waals surface area contributed by atoms with E-state index in [2.05, 4.69) is 31.7 Å². The molecule has 6 heteroatoms. The molecule has 0 N–H and O–H groups in total. The number of ether oxygens (including phenoxy) is 2. The number of hydrogen-bond donors (Lipinski definition) is 0. The van der Waals surface area contributed by atoms with Crippen LogP contribution in [0.2, 0.25) is 0 Å². The maximum atomic E-state index is 12.7. The Labute approximate surface area is 305 Å². The smallest absolute Gasteiger partial charge is 0.306 e. The second-order valence-electron chi connectivity index (χ2n) is 14.6. The summed E-state index contributed by atoms with van der Waals surface area (Å²) in [5, 5.41) is 9.13. The van der Waals surface area contributed by atoms with Gasteiger partial charge in [-0.2, -0.15) is 5.26 Å². The molecule has 0 heterocycles. The molecule has 288 valence electrons. The van der Waals surface area contributed by atoms with E-state index in [-0.39, 0.29) is 18.0 Å². The zero-order valence-electron chi connectivity index (χ0n) is 33.1. The van der Waals surface area contributed by atoms with Gasteiger partial charge in [-0.25, -0.2) is 0 Å². The lowest BCUT2D eigenvalue weighted by atomic mass is 10.0. The van der Waals surface area contributed by atoms with Gasteiger partial charge < -0.3 is 14.4 Å². The van der Waals surface area contributed by atoms with Crippen molar-refractivity contribution >= 4 is 11.9 Å². The van der Waals surface area contributed by atoms with Crippen molar-refractivity contribution in [1.29, 1.82) is 5.26 Å². The van der Waals surface area contributed by atoms with E-state index in [9.17, 15) is 9.59 Å². The molecule has 0 aromatic heterocycles. The fourth-order valence-corrected chi connectivity index (χ4v) is 6.59. The molecule has 0 aliphatic carbocycles. The van der Waals surface area contributed by atoms with Gasteiger partial charge in [-0.05, 0) is 70.9 Å². The lowest BCUT2D eigenvalue weighted by Crippen LogP contribution is -2.27. The van der Waals surface area contributed by atoms with Gasteiger partial charge in [-0.1, -0.05) is 149 Å². The zero-order valence-corrected chi connectivity index (χ0v) is 33.1. The van der Waals surface area contributed by atoms with Crippen molar-refractivity contribution in [2.45, 2.75) is 232 Å². The molecule has 0 rings (SSSR count). The van der Waals surface area contributed by atoms with Crippen LogP contribution in [0.5, 0.6) is 0 Å². The van der Waals surface area contributed by atoms with Crippen LogP contribution in [0, 0.1) is 11.3 Å². The van der Waals surface area contributed by atoms with Crippen LogP contribution in [0.3, 0.4) is 0 Å². The largest absolute Gasteiger partial charge is 0.466 e. The fourth-order valence-electron chi connectivity index (χ4n) is 6.59. The highest BCUT2D eigenvalue weighted by atomic mass is 16.5. The Balaban J connectivity index is 4.11. The van der Waals surface area contributed by atoms with E-state index in [1.165, 1.54) is 109 Å². The summed E-state index contributed by atoms with van der Waals surface area (Å²) in [5.41, 5.74) is 0. The molecular weight excluding hydrogens is 608 g/mol. The van der Waals surface area contributed by atoms with Gasteiger partial charge in [0.1, 0.15) is 6.10 Å². The van der Waals surface area contributed by atoms with Crippen molar-refractivity contribution in [3.8, 4) is 6.07 Å². The second kappa shape index (κ2) is 39.2. The molecule has 49 heavy (non-hydrogen) atoms. The van der Waals surface area contributed by atoms with Gasteiger partial charge in [-0.15, -0.1) is 0 Å². The Morgan fingerprint density at radius 2 is 0.918 bits per heavy atom. The van der Waals surface area contributed by atoms with Gasteiger partial charge in [0.05, 0.1) is 12.7 Å². The number of unbranched alkanes of at least 4 members (excludes halogenated alkanes) is 22. The van der Waals surface area contributed by atoms with Crippen molar-refractivity contribution < 1.29 is 19.1 Å². The summed E-state index contributed by atoms with van der Waals surface area (Å²) < 4.78 is 11.4. The molecule has 0 aromatic carbocycles. The lowest BCUT2D eigenvalue weighted by Gasteiger charge is -2.21. The number of carbonyl (C=O) groups excluding carboxylic acids is 2. The van der Waals surface area contributed by atoms with Crippen LogP contribution in [0.25, 0.3) is 0 Å². The Morgan fingerprint density at radius 3 is 1.43 bits per heavy atom. The highest BCUT2D eigenvalue weighted by Crippen LogP contribution is 2.18. The highest BCUT2D eigenvalue weighted by Gasteiger charge is 2.14. The number of rotatable bonds is 39. The maximum Gasteiger partial charge on any atom is 0.306 e. The van der Waals surface area contributed by atoms with Gasteiger partial charge in [0, 0.05) is 25.8 Å². The van der Waals surface area contributed by atoms with Crippen molar-refractivity contribution in [3.63, 3.8) is 0 Å². The van der Waals surface area contributed by atoms with Crippen molar-refractivity contribution in [3.05, 3.63) is 0 Å². The van der Waals surface area contributed by atoms with Gasteiger partial charge in [0.2, 0.25) is 0 Å². The van der Waals surface area contributed by atoms with Crippen LogP contribution >= 0.6 is 0 Å². The summed E-state index contributed by atoms with van der Waals surface area (Å²) in [6.07, 6.45) is 36.0. The topological polar surface area (TPSA) is 79.6 Å². The Hall–Kier alpha value is -1.61. The number of carbonyl (C=O) groups is 2. The third kappa shape index (κ3) is 36.0.